The van der Waals surface area contributed by atoms with E-state index in [9.17, 15) is 27.6 Å². The Kier molecular flexibility index (Phi) is 4.34. The SMILES string of the molecule is Cc1ccc2c(c1)[C@]1(C(=O)N2)[C@@H]2C(=O)N(c3cc(C(F)(F)F)ccc3Cl)C(=O)[C@@H]2[C@@H]2CCCN21. The van der Waals surface area contributed by atoms with Gasteiger partial charge in [-0.15, -0.1) is 0 Å². The van der Waals surface area contributed by atoms with Crippen LogP contribution < -0.4 is 10.2 Å². The van der Waals surface area contributed by atoms with Gasteiger partial charge in [-0.1, -0.05) is 29.3 Å². The maximum absolute atomic E-state index is 13.9. The van der Waals surface area contributed by atoms with Gasteiger partial charge in [-0.3, -0.25) is 19.3 Å². The third kappa shape index (κ3) is 2.54. The second-order valence-corrected chi connectivity index (χ2v) is 9.76. The van der Waals surface area contributed by atoms with Gasteiger partial charge < -0.3 is 5.32 Å². The van der Waals surface area contributed by atoms with E-state index in [4.69, 9.17) is 11.6 Å². The molecule has 4 aliphatic rings. The van der Waals surface area contributed by atoms with Crippen molar-refractivity contribution in [2.45, 2.75) is 37.5 Å². The first kappa shape index (κ1) is 21.6. The minimum absolute atomic E-state index is 0.140. The number of aryl methyl sites for hydroxylation is 1. The molecular weight excluding hydrogens is 471 g/mol. The molecule has 1 spiro atoms. The number of fused-ring (bicyclic) bond motifs is 7. The van der Waals surface area contributed by atoms with E-state index in [1.165, 1.54) is 0 Å². The Morgan fingerprint density at radius 3 is 2.59 bits per heavy atom. The van der Waals surface area contributed by atoms with E-state index in [1.807, 2.05) is 24.0 Å². The zero-order valence-corrected chi connectivity index (χ0v) is 18.7. The molecule has 4 atom stereocenters. The van der Waals surface area contributed by atoms with E-state index < -0.39 is 40.9 Å². The largest absolute Gasteiger partial charge is 0.416 e. The maximum Gasteiger partial charge on any atom is 0.416 e. The van der Waals surface area contributed by atoms with Crippen molar-refractivity contribution >= 4 is 40.7 Å². The van der Waals surface area contributed by atoms with Crippen molar-refractivity contribution in [2.24, 2.45) is 11.8 Å². The highest BCUT2D eigenvalue weighted by Gasteiger charge is 2.74. The highest BCUT2D eigenvalue weighted by molar-refractivity contribution is 6.36. The summed E-state index contributed by atoms with van der Waals surface area (Å²) < 4.78 is 40.2. The van der Waals surface area contributed by atoms with Crippen LogP contribution in [0.15, 0.2) is 36.4 Å². The number of hydrogen-bond acceptors (Lipinski definition) is 4. The first-order valence-corrected chi connectivity index (χ1v) is 11.4. The zero-order valence-electron chi connectivity index (χ0n) is 17.9. The number of hydrogen-bond donors (Lipinski definition) is 1. The summed E-state index contributed by atoms with van der Waals surface area (Å²) in [7, 11) is 0. The molecule has 0 aliphatic carbocycles. The molecule has 0 unspecified atom stereocenters. The molecule has 2 aromatic rings. The van der Waals surface area contributed by atoms with Crippen LogP contribution in [0.4, 0.5) is 24.5 Å². The number of carbonyl (C=O) groups excluding carboxylic acids is 3. The fourth-order valence-electron chi connectivity index (χ4n) is 6.41. The zero-order chi connectivity index (χ0) is 24.2. The summed E-state index contributed by atoms with van der Waals surface area (Å²) in [5, 5.41) is 2.74. The summed E-state index contributed by atoms with van der Waals surface area (Å²) in [4.78, 5) is 43.9. The average Bonchev–Trinajstić information content (AvgIpc) is 3.47. The molecule has 10 heteroatoms. The molecule has 3 saturated heterocycles. The van der Waals surface area contributed by atoms with Crippen molar-refractivity contribution in [3.05, 3.63) is 58.1 Å². The summed E-state index contributed by atoms with van der Waals surface area (Å²) in [6, 6.07) is 7.68. The van der Waals surface area contributed by atoms with Gasteiger partial charge >= 0.3 is 6.18 Å². The second-order valence-electron chi connectivity index (χ2n) is 9.35. The number of imide groups is 1. The topological polar surface area (TPSA) is 69.7 Å². The normalized spacial score (nSPS) is 30.2. The Hall–Kier alpha value is -2.91. The summed E-state index contributed by atoms with van der Waals surface area (Å²) in [5.74, 6) is -3.60. The molecule has 0 bridgehead atoms. The van der Waals surface area contributed by atoms with Crippen molar-refractivity contribution in [1.82, 2.24) is 4.90 Å². The van der Waals surface area contributed by atoms with E-state index in [2.05, 4.69) is 5.32 Å². The lowest BCUT2D eigenvalue weighted by Crippen LogP contribution is -2.54. The van der Waals surface area contributed by atoms with Crippen LogP contribution in [0.5, 0.6) is 0 Å². The Morgan fingerprint density at radius 2 is 1.85 bits per heavy atom. The number of amides is 3. The molecule has 6 rings (SSSR count). The Balaban J connectivity index is 1.54. The van der Waals surface area contributed by atoms with E-state index >= 15 is 0 Å². The number of nitrogens with zero attached hydrogens (tertiary/aromatic N) is 2. The molecule has 4 heterocycles. The molecule has 2 aromatic carbocycles. The van der Waals surface area contributed by atoms with E-state index in [0.717, 1.165) is 35.1 Å². The van der Waals surface area contributed by atoms with Crippen LogP contribution in [0, 0.1) is 18.8 Å². The average molecular weight is 490 g/mol. The first-order chi connectivity index (χ1) is 16.1. The standard InChI is InChI=1S/C24H19ClF3N3O3/c1-11-4-7-15-13(9-11)23(22(34)29-15)19-18(16-3-2-8-30(16)23)20(32)31(21(19)33)17-10-12(24(26,27)28)5-6-14(17)25/h4-7,9-10,16,18-19H,2-3,8H2,1H3,(H,29,34)/t16-,18+,19-,23+/m0/s1. The Labute approximate surface area is 197 Å². The second kappa shape index (κ2) is 6.82. The number of anilines is 2. The fraction of sp³-hybridized carbons (Fsp3) is 0.375. The third-order valence-electron chi connectivity index (χ3n) is 7.66. The Morgan fingerprint density at radius 1 is 1.09 bits per heavy atom. The van der Waals surface area contributed by atoms with Crippen LogP contribution in [0.25, 0.3) is 0 Å². The smallest absolute Gasteiger partial charge is 0.324 e. The summed E-state index contributed by atoms with van der Waals surface area (Å²) in [5.41, 5.74) is -0.594. The summed E-state index contributed by atoms with van der Waals surface area (Å²) in [6.45, 7) is 2.42. The molecule has 4 aliphatic heterocycles. The molecular formula is C24H19ClF3N3O3. The van der Waals surface area contributed by atoms with Crippen LogP contribution in [-0.2, 0) is 26.1 Å². The van der Waals surface area contributed by atoms with Gasteiger partial charge in [-0.2, -0.15) is 13.2 Å². The van der Waals surface area contributed by atoms with E-state index in [-0.39, 0.29) is 22.7 Å². The number of halogens is 4. The van der Waals surface area contributed by atoms with Gasteiger partial charge in [0.25, 0.3) is 0 Å². The van der Waals surface area contributed by atoms with Crippen molar-refractivity contribution in [2.75, 3.05) is 16.8 Å². The highest BCUT2D eigenvalue weighted by Crippen LogP contribution is 2.61. The van der Waals surface area contributed by atoms with Gasteiger partial charge in [0.15, 0.2) is 0 Å². The lowest BCUT2D eigenvalue weighted by molar-refractivity contribution is -0.137. The minimum atomic E-state index is -4.67. The number of nitrogens with one attached hydrogen (secondary N) is 1. The molecule has 3 amide bonds. The number of alkyl halides is 3. The lowest BCUT2D eigenvalue weighted by Gasteiger charge is -2.36. The van der Waals surface area contributed by atoms with Crippen LogP contribution in [0.1, 0.15) is 29.5 Å². The molecule has 176 valence electrons. The molecule has 34 heavy (non-hydrogen) atoms. The molecule has 0 aromatic heterocycles. The van der Waals surface area contributed by atoms with Gasteiger partial charge in [0.2, 0.25) is 17.7 Å². The molecule has 6 nitrogen and oxygen atoms in total. The van der Waals surface area contributed by atoms with Crippen molar-refractivity contribution in [1.29, 1.82) is 0 Å². The summed E-state index contributed by atoms with van der Waals surface area (Å²) >= 11 is 6.20. The van der Waals surface area contributed by atoms with Crippen LogP contribution in [-0.4, -0.2) is 35.2 Å². The fourth-order valence-corrected chi connectivity index (χ4v) is 6.62. The lowest BCUT2D eigenvalue weighted by atomic mass is 9.75. The number of carbonyl (C=O) groups is 3. The quantitative estimate of drug-likeness (QED) is 0.612. The van der Waals surface area contributed by atoms with Crippen LogP contribution >= 0.6 is 11.6 Å². The van der Waals surface area contributed by atoms with Gasteiger partial charge in [-0.05, 0) is 50.6 Å². The van der Waals surface area contributed by atoms with Gasteiger partial charge in [0.1, 0.15) is 5.54 Å². The van der Waals surface area contributed by atoms with Crippen LogP contribution in [0.2, 0.25) is 5.02 Å². The molecule has 3 fully saturated rings. The van der Waals surface area contributed by atoms with Crippen molar-refractivity contribution < 1.29 is 27.6 Å². The van der Waals surface area contributed by atoms with E-state index in [0.29, 0.717) is 24.2 Å². The van der Waals surface area contributed by atoms with Gasteiger partial charge in [-0.25, -0.2) is 4.90 Å². The third-order valence-corrected chi connectivity index (χ3v) is 7.98. The van der Waals surface area contributed by atoms with Crippen LogP contribution in [0.3, 0.4) is 0 Å². The van der Waals surface area contributed by atoms with Gasteiger partial charge in [0.05, 0.1) is 28.1 Å². The Bertz CT molecular complexity index is 1300. The predicted molar refractivity (Wildman–Crippen MR) is 117 cm³/mol. The maximum atomic E-state index is 13.9. The minimum Gasteiger partial charge on any atom is -0.324 e. The predicted octanol–water partition coefficient (Wildman–Crippen LogP) is 4.10. The highest BCUT2D eigenvalue weighted by atomic mass is 35.5. The molecule has 0 radical (unpaired) electrons. The summed E-state index contributed by atoms with van der Waals surface area (Å²) in [6.07, 6.45) is -3.32. The molecule has 0 saturated carbocycles. The van der Waals surface area contributed by atoms with E-state index in [1.54, 1.807) is 6.07 Å². The van der Waals surface area contributed by atoms with Crippen molar-refractivity contribution in [3.63, 3.8) is 0 Å². The van der Waals surface area contributed by atoms with Gasteiger partial charge in [0, 0.05) is 17.3 Å². The van der Waals surface area contributed by atoms with Crippen molar-refractivity contribution in [3.8, 4) is 0 Å². The first-order valence-electron chi connectivity index (χ1n) is 11.0. The molecule has 1 N–H and O–H groups in total. The number of rotatable bonds is 1. The number of benzene rings is 2. The monoisotopic (exact) mass is 489 g/mol.